The first-order chi connectivity index (χ1) is 10.9. The van der Waals surface area contributed by atoms with E-state index in [0.717, 1.165) is 18.3 Å². The van der Waals surface area contributed by atoms with Crippen LogP contribution in [0.15, 0.2) is 30.5 Å². The molecule has 0 atom stereocenters. The van der Waals surface area contributed by atoms with Crippen molar-refractivity contribution in [3.63, 3.8) is 0 Å². The first-order valence-corrected chi connectivity index (χ1v) is 6.88. The lowest BCUT2D eigenvalue weighted by Crippen LogP contribution is -2.24. The number of carbonyl (C=O) groups excluding carboxylic acids is 1. The second-order valence-electron chi connectivity index (χ2n) is 6.14. The van der Waals surface area contributed by atoms with Crippen LogP contribution in [0.4, 0.5) is 18.9 Å². The maximum atomic E-state index is 12.8. The maximum absolute atomic E-state index is 12.8. The number of nitro groups is 1. The van der Waals surface area contributed by atoms with Crippen LogP contribution in [-0.4, -0.2) is 26.7 Å². The van der Waals surface area contributed by atoms with Gasteiger partial charge >= 0.3 is 6.18 Å². The maximum Gasteiger partial charge on any atom is 0.455 e. The Morgan fingerprint density at radius 3 is 2.12 bits per heavy atom. The molecule has 9 heteroatoms. The number of aromatic nitrogens is 2. The van der Waals surface area contributed by atoms with E-state index in [1.54, 1.807) is 20.8 Å². The van der Waals surface area contributed by atoms with Crippen molar-refractivity contribution in [3.05, 3.63) is 46.1 Å². The number of halogens is 3. The van der Waals surface area contributed by atoms with Crippen LogP contribution < -0.4 is 0 Å². The summed E-state index contributed by atoms with van der Waals surface area (Å²) in [7, 11) is 0. The van der Waals surface area contributed by atoms with Crippen molar-refractivity contribution in [2.24, 2.45) is 0 Å². The molecule has 0 bridgehead atoms. The van der Waals surface area contributed by atoms with Crippen LogP contribution in [0.5, 0.6) is 0 Å². The average molecular weight is 341 g/mol. The molecule has 0 aliphatic heterocycles. The van der Waals surface area contributed by atoms with Gasteiger partial charge in [-0.05, 0) is 32.9 Å². The topological polar surface area (TPSA) is 78.0 Å². The Balaban J connectivity index is 2.61. The molecule has 0 N–H and O–H groups in total. The first-order valence-electron chi connectivity index (χ1n) is 6.88. The molecular formula is C15H14F3N3O3. The van der Waals surface area contributed by atoms with Gasteiger partial charge in [-0.2, -0.15) is 18.3 Å². The molecule has 0 saturated heterocycles. The summed E-state index contributed by atoms with van der Waals surface area (Å²) in [5.74, 6) is -2.01. The summed E-state index contributed by atoms with van der Waals surface area (Å²) in [5.41, 5.74) is -1.41. The SMILES string of the molecule is CC(C)(C)n1cc(C(=O)C(F)(F)F)c(-c2ccc([N+](=O)[O-])cc2)n1. The number of hydrogen-bond acceptors (Lipinski definition) is 4. The van der Waals surface area contributed by atoms with E-state index in [4.69, 9.17) is 0 Å². The van der Waals surface area contributed by atoms with Crippen LogP contribution in [0, 0.1) is 10.1 Å². The molecule has 1 aromatic heterocycles. The Morgan fingerprint density at radius 1 is 1.17 bits per heavy atom. The lowest BCUT2D eigenvalue weighted by molar-refractivity contribution is -0.384. The van der Waals surface area contributed by atoms with Gasteiger partial charge in [0, 0.05) is 23.9 Å². The van der Waals surface area contributed by atoms with Crippen molar-refractivity contribution >= 4 is 11.5 Å². The van der Waals surface area contributed by atoms with Gasteiger partial charge in [0.15, 0.2) is 0 Å². The highest BCUT2D eigenvalue weighted by atomic mass is 19.4. The van der Waals surface area contributed by atoms with Gasteiger partial charge in [-0.1, -0.05) is 0 Å². The highest BCUT2D eigenvalue weighted by Gasteiger charge is 2.42. The number of alkyl halides is 3. The fourth-order valence-electron chi connectivity index (χ4n) is 1.99. The predicted octanol–water partition coefficient (Wildman–Crippen LogP) is 3.96. The molecule has 0 spiro atoms. The number of Topliss-reactive ketones (excluding diaryl/α,β-unsaturated/α-hetero) is 1. The number of benzene rings is 1. The molecule has 0 fully saturated rings. The van der Waals surface area contributed by atoms with E-state index in [1.165, 1.54) is 16.8 Å². The van der Waals surface area contributed by atoms with Gasteiger partial charge in [-0.15, -0.1) is 0 Å². The van der Waals surface area contributed by atoms with Gasteiger partial charge in [0.2, 0.25) is 0 Å². The average Bonchev–Trinajstić information content (AvgIpc) is 2.90. The number of nitro benzene ring substituents is 1. The van der Waals surface area contributed by atoms with E-state index in [0.29, 0.717) is 0 Å². The lowest BCUT2D eigenvalue weighted by Gasteiger charge is -2.18. The minimum atomic E-state index is -5.04. The standard InChI is InChI=1S/C15H14F3N3O3/c1-14(2,3)20-8-11(13(22)15(16,17)18)12(19-20)9-4-6-10(7-5-9)21(23)24/h4-8H,1-3H3. The van der Waals surface area contributed by atoms with E-state index < -0.39 is 28.0 Å². The molecule has 0 saturated carbocycles. The van der Waals surface area contributed by atoms with Crippen molar-refractivity contribution < 1.29 is 22.9 Å². The third-order valence-electron chi connectivity index (χ3n) is 3.26. The summed E-state index contributed by atoms with van der Waals surface area (Å²) in [5, 5.41) is 14.8. The smallest absolute Gasteiger partial charge is 0.284 e. The summed E-state index contributed by atoms with van der Waals surface area (Å²) < 4.78 is 39.8. The molecule has 2 rings (SSSR count). The number of nitrogens with zero attached hydrogens (tertiary/aromatic N) is 3. The van der Waals surface area contributed by atoms with Crippen molar-refractivity contribution in [2.75, 3.05) is 0 Å². The van der Waals surface area contributed by atoms with Crippen molar-refractivity contribution in [2.45, 2.75) is 32.5 Å². The third kappa shape index (κ3) is 3.44. The molecule has 0 unspecified atom stereocenters. The fourth-order valence-corrected chi connectivity index (χ4v) is 1.99. The quantitative estimate of drug-likeness (QED) is 0.481. The van der Waals surface area contributed by atoms with Gasteiger partial charge in [0.05, 0.1) is 16.0 Å². The zero-order valence-corrected chi connectivity index (χ0v) is 13.1. The monoisotopic (exact) mass is 341 g/mol. The summed E-state index contributed by atoms with van der Waals surface area (Å²) in [4.78, 5) is 21.7. The molecule has 6 nitrogen and oxygen atoms in total. The Hall–Kier alpha value is -2.71. The van der Waals surface area contributed by atoms with E-state index in [1.807, 2.05) is 0 Å². The third-order valence-corrected chi connectivity index (χ3v) is 3.26. The molecule has 0 aliphatic carbocycles. The molecule has 128 valence electrons. The van der Waals surface area contributed by atoms with E-state index in [-0.39, 0.29) is 16.9 Å². The Bertz CT molecular complexity index is 787. The molecule has 0 aliphatic rings. The zero-order valence-electron chi connectivity index (χ0n) is 13.1. The molecule has 2 aromatic rings. The Morgan fingerprint density at radius 2 is 1.71 bits per heavy atom. The molecule has 0 amide bonds. The van der Waals surface area contributed by atoms with Crippen LogP contribution in [0.3, 0.4) is 0 Å². The largest absolute Gasteiger partial charge is 0.455 e. The molecule has 1 aromatic carbocycles. The van der Waals surface area contributed by atoms with Crippen molar-refractivity contribution in [1.82, 2.24) is 9.78 Å². The summed E-state index contributed by atoms with van der Waals surface area (Å²) in [6.45, 7) is 5.17. The second-order valence-corrected chi connectivity index (χ2v) is 6.14. The van der Waals surface area contributed by atoms with E-state index >= 15 is 0 Å². The highest BCUT2D eigenvalue weighted by Crippen LogP contribution is 2.31. The van der Waals surface area contributed by atoms with Gasteiger partial charge in [0.25, 0.3) is 11.5 Å². The van der Waals surface area contributed by atoms with Crippen LogP contribution in [0.2, 0.25) is 0 Å². The van der Waals surface area contributed by atoms with Gasteiger partial charge in [-0.25, -0.2) is 0 Å². The van der Waals surface area contributed by atoms with Crippen LogP contribution in [0.1, 0.15) is 31.1 Å². The van der Waals surface area contributed by atoms with Gasteiger partial charge in [0.1, 0.15) is 5.69 Å². The van der Waals surface area contributed by atoms with Crippen molar-refractivity contribution in [1.29, 1.82) is 0 Å². The van der Waals surface area contributed by atoms with Gasteiger partial charge in [-0.3, -0.25) is 19.6 Å². The molecule has 0 radical (unpaired) electrons. The normalized spacial score (nSPS) is 12.2. The fraction of sp³-hybridized carbons (Fsp3) is 0.333. The van der Waals surface area contributed by atoms with E-state index in [2.05, 4.69) is 5.10 Å². The number of rotatable bonds is 3. The Labute approximate surface area is 135 Å². The van der Waals surface area contributed by atoms with E-state index in [9.17, 15) is 28.1 Å². The number of ketones is 1. The second kappa shape index (κ2) is 5.73. The number of hydrogen-bond donors (Lipinski definition) is 0. The molecule has 24 heavy (non-hydrogen) atoms. The minimum Gasteiger partial charge on any atom is -0.284 e. The van der Waals surface area contributed by atoms with Crippen molar-refractivity contribution in [3.8, 4) is 11.3 Å². The van der Waals surface area contributed by atoms with Crippen LogP contribution >= 0.6 is 0 Å². The van der Waals surface area contributed by atoms with Gasteiger partial charge < -0.3 is 0 Å². The number of non-ortho nitro benzene ring substituents is 1. The lowest BCUT2D eigenvalue weighted by atomic mass is 10.0. The van der Waals surface area contributed by atoms with Crippen LogP contribution in [0.25, 0.3) is 11.3 Å². The highest BCUT2D eigenvalue weighted by molar-refractivity contribution is 6.04. The molecular weight excluding hydrogens is 327 g/mol. The molecule has 1 heterocycles. The zero-order chi connectivity index (χ0) is 18.3. The number of carbonyl (C=O) groups is 1. The van der Waals surface area contributed by atoms with Crippen LogP contribution in [-0.2, 0) is 5.54 Å². The summed E-state index contributed by atoms with van der Waals surface area (Å²) in [6.07, 6.45) is -3.99. The predicted molar refractivity (Wildman–Crippen MR) is 79.7 cm³/mol. The first kappa shape index (κ1) is 17.6. The summed E-state index contributed by atoms with van der Waals surface area (Å²) in [6, 6.07) is 4.82. The summed E-state index contributed by atoms with van der Waals surface area (Å²) >= 11 is 0. The Kier molecular flexibility index (Phi) is 4.21. The minimum absolute atomic E-state index is 0.165.